The number of hydrogen-bond donors (Lipinski definition) is 0. The molecule has 0 aromatic heterocycles. The Balaban J connectivity index is 1.99. The van der Waals surface area contributed by atoms with E-state index in [1.165, 1.54) is 10.5 Å². The maximum Gasteiger partial charge on any atom is 0.170 e. The third-order valence-electron chi connectivity index (χ3n) is 3.27. The molecule has 0 bridgehead atoms. The van der Waals surface area contributed by atoms with Crippen molar-refractivity contribution in [1.82, 2.24) is 10.5 Å². The van der Waals surface area contributed by atoms with Crippen molar-refractivity contribution in [1.29, 1.82) is 10.5 Å². The van der Waals surface area contributed by atoms with E-state index in [4.69, 9.17) is 29.9 Å². The van der Waals surface area contributed by atoms with Crippen LogP contribution in [-0.2, 0) is 19.4 Å². The van der Waals surface area contributed by atoms with Gasteiger partial charge < -0.3 is 0 Å². The largest absolute Gasteiger partial charge is 0.274 e. The zero-order valence-electron chi connectivity index (χ0n) is 12.7. The van der Waals surface area contributed by atoms with Gasteiger partial charge >= 0.3 is 0 Å². The summed E-state index contributed by atoms with van der Waals surface area (Å²) in [5, 5.41) is 20.6. The predicted molar refractivity (Wildman–Crippen MR) is 73.9 cm³/mol. The molecule has 0 amide bonds. The zero-order valence-corrected chi connectivity index (χ0v) is 12.7. The van der Waals surface area contributed by atoms with Crippen LogP contribution in [0.25, 0.3) is 0 Å². The molecule has 2 fully saturated rings. The highest BCUT2D eigenvalue weighted by Gasteiger charge is 2.36. The first-order valence-electron chi connectivity index (χ1n) is 7.37. The third kappa shape index (κ3) is 4.02. The lowest BCUT2D eigenvalue weighted by Gasteiger charge is -2.20. The zero-order chi connectivity index (χ0) is 15.9. The van der Waals surface area contributed by atoms with E-state index in [9.17, 15) is 0 Å². The molecular weight excluding hydrogens is 288 g/mol. The Morgan fingerprint density at radius 1 is 0.955 bits per heavy atom. The summed E-state index contributed by atoms with van der Waals surface area (Å²) in [6.07, 6.45) is 3.81. The number of rotatable bonds is 6. The lowest BCUT2D eigenvalue weighted by molar-refractivity contribution is -0.359. The van der Waals surface area contributed by atoms with Crippen molar-refractivity contribution in [2.24, 2.45) is 0 Å². The fourth-order valence-electron chi connectivity index (χ4n) is 2.32. The van der Waals surface area contributed by atoms with Gasteiger partial charge in [0.15, 0.2) is 12.2 Å². The first kappa shape index (κ1) is 16.8. The summed E-state index contributed by atoms with van der Waals surface area (Å²) in [6.45, 7) is 4.61. The van der Waals surface area contributed by atoms with E-state index in [0.29, 0.717) is 26.1 Å². The molecule has 2 rings (SSSR count). The molecule has 2 heterocycles. The summed E-state index contributed by atoms with van der Waals surface area (Å²) in [7, 11) is 0. The Hall–Kier alpha value is -1.52. The summed E-state index contributed by atoms with van der Waals surface area (Å²) in [6, 6.07) is 3.83. The fourth-order valence-corrected chi connectivity index (χ4v) is 2.32. The van der Waals surface area contributed by atoms with E-state index in [2.05, 4.69) is 12.1 Å². The number of hydrogen-bond acceptors (Lipinski definition) is 8. The number of nitrogens with zero attached hydrogens (tertiary/aromatic N) is 4. The molecule has 0 saturated carbocycles. The second-order valence-corrected chi connectivity index (χ2v) is 4.84. The molecule has 8 heteroatoms. The topological polar surface area (TPSA) is 91.0 Å². The molecule has 4 atom stereocenters. The molecule has 0 aromatic carbocycles. The van der Waals surface area contributed by atoms with Gasteiger partial charge in [0.05, 0.1) is 37.4 Å². The first-order valence-corrected chi connectivity index (χ1v) is 7.37. The molecule has 120 valence electrons. The monoisotopic (exact) mass is 308 g/mol. The highest BCUT2D eigenvalue weighted by Crippen LogP contribution is 2.25. The van der Waals surface area contributed by atoms with Gasteiger partial charge in [0.2, 0.25) is 0 Å². The van der Waals surface area contributed by atoms with Crippen molar-refractivity contribution < 1.29 is 19.4 Å². The van der Waals surface area contributed by atoms with E-state index < -0.39 is 12.2 Å². The maximum absolute atomic E-state index is 8.96. The Bertz CT molecular complexity index is 430. The standard InChI is InChI=1S/C14H20N4O4/c1-3-19-17-11(7-13(9-15)21-17)5-6-12-8-14(10-16)22-18(12)20-4-2/h5-6,11-14H,3-4,7-8H2,1-2H3/b6-5+. The van der Waals surface area contributed by atoms with Gasteiger partial charge in [-0.2, -0.15) is 10.5 Å². The minimum atomic E-state index is -0.518. The van der Waals surface area contributed by atoms with Crippen molar-refractivity contribution in [2.45, 2.75) is 51.0 Å². The van der Waals surface area contributed by atoms with Crippen LogP contribution in [0.15, 0.2) is 12.2 Å². The summed E-state index contributed by atoms with van der Waals surface area (Å²) in [4.78, 5) is 21.5. The van der Waals surface area contributed by atoms with Gasteiger partial charge in [-0.25, -0.2) is 0 Å². The first-order chi connectivity index (χ1) is 10.7. The molecule has 0 N–H and O–H groups in total. The molecule has 0 radical (unpaired) electrons. The number of nitriles is 2. The fraction of sp³-hybridized carbons (Fsp3) is 0.714. The van der Waals surface area contributed by atoms with Gasteiger partial charge in [-0.1, -0.05) is 22.6 Å². The van der Waals surface area contributed by atoms with Crippen molar-refractivity contribution >= 4 is 0 Å². The van der Waals surface area contributed by atoms with E-state index in [0.717, 1.165) is 0 Å². The quantitative estimate of drug-likeness (QED) is 0.677. The second kappa shape index (κ2) is 8.20. The maximum atomic E-state index is 8.96. The van der Waals surface area contributed by atoms with E-state index in [-0.39, 0.29) is 12.1 Å². The van der Waals surface area contributed by atoms with Crippen LogP contribution in [-0.4, -0.2) is 48.0 Å². The average molecular weight is 308 g/mol. The summed E-state index contributed by atoms with van der Waals surface area (Å²) < 4.78 is 0. The molecule has 0 aliphatic carbocycles. The molecule has 0 aromatic rings. The van der Waals surface area contributed by atoms with Crippen LogP contribution in [0.2, 0.25) is 0 Å². The summed E-state index contributed by atoms with van der Waals surface area (Å²) in [5.74, 6) is 0. The smallest absolute Gasteiger partial charge is 0.170 e. The average Bonchev–Trinajstić information content (AvgIpc) is 3.10. The van der Waals surface area contributed by atoms with Gasteiger partial charge in [0.1, 0.15) is 0 Å². The second-order valence-electron chi connectivity index (χ2n) is 4.84. The lowest BCUT2D eigenvalue weighted by atomic mass is 10.1. The normalized spacial score (nSPS) is 33.3. The molecule has 22 heavy (non-hydrogen) atoms. The van der Waals surface area contributed by atoms with Crippen LogP contribution in [0.5, 0.6) is 0 Å². The molecule has 2 aliphatic heterocycles. The van der Waals surface area contributed by atoms with Crippen molar-refractivity contribution in [3.63, 3.8) is 0 Å². The molecule has 2 saturated heterocycles. The highest BCUT2D eigenvalue weighted by atomic mass is 17.0. The van der Waals surface area contributed by atoms with Crippen molar-refractivity contribution in [2.75, 3.05) is 13.2 Å². The van der Waals surface area contributed by atoms with E-state index >= 15 is 0 Å². The van der Waals surface area contributed by atoms with Gasteiger partial charge in [-0.3, -0.25) is 19.4 Å². The third-order valence-corrected chi connectivity index (χ3v) is 3.27. The van der Waals surface area contributed by atoms with Gasteiger partial charge in [0, 0.05) is 12.8 Å². The van der Waals surface area contributed by atoms with Crippen molar-refractivity contribution in [3.8, 4) is 12.1 Å². The Morgan fingerprint density at radius 2 is 1.36 bits per heavy atom. The molecule has 8 nitrogen and oxygen atoms in total. The van der Waals surface area contributed by atoms with Crippen LogP contribution in [0, 0.1) is 22.7 Å². The Labute approximate surface area is 129 Å². The SMILES string of the molecule is CCON1OC(C#N)CC1/C=C/C1CC(C#N)ON1OCC. The van der Waals surface area contributed by atoms with E-state index in [1.54, 1.807) is 0 Å². The van der Waals surface area contributed by atoms with Gasteiger partial charge in [0.25, 0.3) is 0 Å². The number of hydroxylamine groups is 4. The van der Waals surface area contributed by atoms with Crippen LogP contribution in [0.3, 0.4) is 0 Å². The van der Waals surface area contributed by atoms with Gasteiger partial charge in [-0.15, -0.1) is 0 Å². The minimum absolute atomic E-state index is 0.158. The minimum Gasteiger partial charge on any atom is -0.274 e. The molecule has 2 aliphatic rings. The molecule has 0 spiro atoms. The summed E-state index contributed by atoms with van der Waals surface area (Å²) >= 11 is 0. The van der Waals surface area contributed by atoms with Gasteiger partial charge in [-0.05, 0) is 13.8 Å². The van der Waals surface area contributed by atoms with Crippen LogP contribution in [0.1, 0.15) is 26.7 Å². The van der Waals surface area contributed by atoms with E-state index in [1.807, 2.05) is 26.0 Å². The van der Waals surface area contributed by atoms with Crippen LogP contribution >= 0.6 is 0 Å². The van der Waals surface area contributed by atoms with Crippen LogP contribution < -0.4 is 0 Å². The van der Waals surface area contributed by atoms with Crippen LogP contribution in [0.4, 0.5) is 0 Å². The van der Waals surface area contributed by atoms with Crippen molar-refractivity contribution in [3.05, 3.63) is 12.2 Å². The lowest BCUT2D eigenvalue weighted by Crippen LogP contribution is -2.29. The Kier molecular flexibility index (Phi) is 6.28. The summed E-state index contributed by atoms with van der Waals surface area (Å²) in [5.41, 5.74) is 0. The predicted octanol–water partition coefficient (Wildman–Crippen LogP) is 1.24. The molecular formula is C14H20N4O4. The molecule has 4 unspecified atom stereocenters. The highest BCUT2D eigenvalue weighted by molar-refractivity contribution is 5.06. The Morgan fingerprint density at radius 3 is 1.68 bits per heavy atom.